The molecule has 0 aromatic heterocycles. The van der Waals surface area contributed by atoms with E-state index in [1.54, 1.807) is 0 Å². The fourth-order valence-electron chi connectivity index (χ4n) is 3.67. The summed E-state index contributed by atoms with van der Waals surface area (Å²) < 4.78 is 29.9. The number of hydrogen-bond acceptors (Lipinski definition) is 5. The summed E-state index contributed by atoms with van der Waals surface area (Å²) in [7, 11) is 0. The zero-order valence-electron chi connectivity index (χ0n) is 18.1. The number of halogens is 3. The Bertz CT molecular complexity index is 763. The molecule has 0 aliphatic carbocycles. The predicted molar refractivity (Wildman–Crippen MR) is 127 cm³/mol. The summed E-state index contributed by atoms with van der Waals surface area (Å²) in [4.78, 5) is 0. The number of benzene rings is 2. The van der Waals surface area contributed by atoms with Crippen molar-refractivity contribution in [1.29, 1.82) is 0 Å². The van der Waals surface area contributed by atoms with Crippen molar-refractivity contribution < 1.29 is 18.6 Å². The summed E-state index contributed by atoms with van der Waals surface area (Å²) in [6.07, 6.45) is 1.03. The molecule has 0 amide bonds. The SMILES string of the molecule is CCNCC.Cl.Cl.Fc1ccc([C@@H]2CCNC[C@H]2COc2ccc3c(c2)OCO3)cc1. The first-order chi connectivity index (χ1) is 14.2. The Balaban J connectivity index is 0.000000622. The number of ether oxygens (including phenoxy) is 3. The van der Waals surface area contributed by atoms with Crippen LogP contribution in [0.15, 0.2) is 42.5 Å². The van der Waals surface area contributed by atoms with E-state index < -0.39 is 0 Å². The molecule has 0 radical (unpaired) electrons. The molecule has 2 heterocycles. The van der Waals surface area contributed by atoms with Crippen LogP contribution < -0.4 is 24.8 Å². The first-order valence-corrected chi connectivity index (χ1v) is 10.4. The topological polar surface area (TPSA) is 51.8 Å². The fraction of sp³-hybridized carbons (Fsp3) is 0.478. The molecule has 2 aliphatic heterocycles. The van der Waals surface area contributed by atoms with Crippen molar-refractivity contribution in [2.75, 3.05) is 39.6 Å². The smallest absolute Gasteiger partial charge is 0.231 e. The molecule has 2 aliphatic rings. The molecular formula is C23H33Cl2FN2O3. The lowest BCUT2D eigenvalue weighted by Crippen LogP contribution is -2.38. The first kappa shape index (κ1) is 27.3. The van der Waals surface area contributed by atoms with Crippen LogP contribution in [0.3, 0.4) is 0 Å². The van der Waals surface area contributed by atoms with Gasteiger partial charge in [-0.15, -0.1) is 24.8 Å². The monoisotopic (exact) mass is 474 g/mol. The Hall–Kier alpha value is -1.73. The highest BCUT2D eigenvalue weighted by molar-refractivity contribution is 5.85. The normalized spacial score (nSPS) is 18.7. The molecule has 2 atom stereocenters. The molecule has 0 spiro atoms. The van der Waals surface area contributed by atoms with Crippen LogP contribution in [0.25, 0.3) is 0 Å². The second-order valence-corrected chi connectivity index (χ2v) is 7.19. The quantitative estimate of drug-likeness (QED) is 0.630. The zero-order chi connectivity index (χ0) is 20.5. The van der Waals surface area contributed by atoms with E-state index in [4.69, 9.17) is 14.2 Å². The molecule has 8 heteroatoms. The molecular weight excluding hydrogens is 442 g/mol. The highest BCUT2D eigenvalue weighted by atomic mass is 35.5. The lowest BCUT2D eigenvalue weighted by atomic mass is 9.81. The maximum absolute atomic E-state index is 13.2. The molecule has 31 heavy (non-hydrogen) atoms. The van der Waals surface area contributed by atoms with Gasteiger partial charge in [-0.1, -0.05) is 26.0 Å². The molecule has 5 nitrogen and oxygen atoms in total. The molecule has 2 aromatic carbocycles. The second-order valence-electron chi connectivity index (χ2n) is 7.19. The van der Waals surface area contributed by atoms with Gasteiger partial charge in [-0.05, 0) is 61.8 Å². The highest BCUT2D eigenvalue weighted by Gasteiger charge is 2.27. The van der Waals surface area contributed by atoms with Gasteiger partial charge in [0.05, 0.1) is 6.61 Å². The third-order valence-corrected chi connectivity index (χ3v) is 5.21. The molecule has 1 fully saturated rings. The standard InChI is InChI=1S/C19H20FNO3.C4H11N.2ClH/c20-15-3-1-13(2-4-15)17-7-8-21-10-14(17)11-22-16-5-6-18-19(9-16)24-12-23-18;1-3-5-4-2;;/h1-6,9,14,17,21H,7-8,10-12H2;5H,3-4H2,1-2H3;2*1H/t14-,17-;;;/m0.../s1. The maximum atomic E-state index is 13.2. The van der Waals surface area contributed by atoms with Crippen LogP contribution >= 0.6 is 24.8 Å². The van der Waals surface area contributed by atoms with Crippen LogP contribution in [-0.2, 0) is 0 Å². The van der Waals surface area contributed by atoms with Gasteiger partial charge in [-0.2, -0.15) is 0 Å². The lowest BCUT2D eigenvalue weighted by molar-refractivity contribution is 0.173. The predicted octanol–water partition coefficient (Wildman–Crippen LogP) is 4.79. The third kappa shape index (κ3) is 8.04. The zero-order valence-corrected chi connectivity index (χ0v) is 19.7. The molecule has 4 rings (SSSR count). The van der Waals surface area contributed by atoms with Crippen molar-refractivity contribution in [3.63, 3.8) is 0 Å². The van der Waals surface area contributed by atoms with Crippen LogP contribution in [0.2, 0.25) is 0 Å². The molecule has 2 aromatic rings. The summed E-state index contributed by atoms with van der Waals surface area (Å²) >= 11 is 0. The van der Waals surface area contributed by atoms with Gasteiger partial charge in [0.2, 0.25) is 6.79 Å². The van der Waals surface area contributed by atoms with E-state index in [0.717, 1.165) is 49.8 Å². The van der Waals surface area contributed by atoms with Crippen LogP contribution in [0.4, 0.5) is 4.39 Å². The van der Waals surface area contributed by atoms with E-state index in [1.165, 1.54) is 17.7 Å². The van der Waals surface area contributed by atoms with Gasteiger partial charge in [0.25, 0.3) is 0 Å². The number of rotatable bonds is 6. The molecule has 0 bridgehead atoms. The molecule has 0 unspecified atom stereocenters. The number of nitrogens with one attached hydrogen (secondary N) is 2. The van der Waals surface area contributed by atoms with Crippen LogP contribution in [0, 0.1) is 11.7 Å². The maximum Gasteiger partial charge on any atom is 0.231 e. The minimum atomic E-state index is -0.194. The van der Waals surface area contributed by atoms with Crippen molar-refractivity contribution in [3.8, 4) is 17.2 Å². The Labute approximate surface area is 196 Å². The summed E-state index contributed by atoms with van der Waals surface area (Å²) in [6.45, 7) is 9.13. The van der Waals surface area contributed by atoms with Crippen molar-refractivity contribution in [1.82, 2.24) is 10.6 Å². The minimum absolute atomic E-state index is 0. The minimum Gasteiger partial charge on any atom is -0.493 e. The summed E-state index contributed by atoms with van der Waals surface area (Å²) in [5.74, 6) is 2.79. The van der Waals surface area contributed by atoms with Crippen LogP contribution in [-0.4, -0.2) is 39.6 Å². The van der Waals surface area contributed by atoms with Gasteiger partial charge in [0.1, 0.15) is 11.6 Å². The van der Waals surface area contributed by atoms with E-state index in [1.807, 2.05) is 30.3 Å². The Kier molecular flexibility index (Phi) is 12.6. The first-order valence-electron chi connectivity index (χ1n) is 10.4. The Morgan fingerprint density at radius 3 is 2.42 bits per heavy atom. The van der Waals surface area contributed by atoms with Gasteiger partial charge in [0, 0.05) is 18.5 Å². The number of piperidine rings is 1. The van der Waals surface area contributed by atoms with Gasteiger partial charge in [0.15, 0.2) is 11.5 Å². The Morgan fingerprint density at radius 1 is 1.03 bits per heavy atom. The van der Waals surface area contributed by atoms with Crippen LogP contribution in [0.1, 0.15) is 31.7 Å². The van der Waals surface area contributed by atoms with Gasteiger partial charge in [-0.3, -0.25) is 0 Å². The molecule has 1 saturated heterocycles. The summed E-state index contributed by atoms with van der Waals surface area (Å²) in [6, 6.07) is 12.5. The van der Waals surface area contributed by atoms with Crippen molar-refractivity contribution in [2.24, 2.45) is 5.92 Å². The average molecular weight is 475 g/mol. The van der Waals surface area contributed by atoms with Crippen molar-refractivity contribution in [3.05, 3.63) is 53.8 Å². The number of fused-ring (bicyclic) bond motifs is 1. The van der Waals surface area contributed by atoms with Crippen molar-refractivity contribution >= 4 is 24.8 Å². The number of hydrogen-bond donors (Lipinski definition) is 2. The van der Waals surface area contributed by atoms with E-state index in [-0.39, 0.29) is 37.4 Å². The van der Waals surface area contributed by atoms with E-state index >= 15 is 0 Å². The molecule has 0 saturated carbocycles. The second kappa shape index (κ2) is 14.4. The van der Waals surface area contributed by atoms with E-state index in [2.05, 4.69) is 24.5 Å². The van der Waals surface area contributed by atoms with E-state index in [9.17, 15) is 4.39 Å². The fourth-order valence-corrected chi connectivity index (χ4v) is 3.67. The molecule has 2 N–H and O–H groups in total. The van der Waals surface area contributed by atoms with Crippen LogP contribution in [0.5, 0.6) is 17.2 Å². The van der Waals surface area contributed by atoms with Gasteiger partial charge >= 0.3 is 0 Å². The Morgan fingerprint density at radius 2 is 1.74 bits per heavy atom. The largest absolute Gasteiger partial charge is 0.493 e. The average Bonchev–Trinajstić information content (AvgIpc) is 3.22. The highest BCUT2D eigenvalue weighted by Crippen LogP contribution is 2.36. The summed E-state index contributed by atoms with van der Waals surface area (Å²) in [5.41, 5.74) is 1.18. The molecule has 174 valence electrons. The lowest BCUT2D eigenvalue weighted by Gasteiger charge is -2.32. The summed E-state index contributed by atoms with van der Waals surface area (Å²) in [5, 5.41) is 6.54. The van der Waals surface area contributed by atoms with Gasteiger partial charge < -0.3 is 24.8 Å². The third-order valence-electron chi connectivity index (χ3n) is 5.21. The van der Waals surface area contributed by atoms with Crippen molar-refractivity contribution in [2.45, 2.75) is 26.2 Å². The van der Waals surface area contributed by atoms with E-state index in [0.29, 0.717) is 18.4 Å². The van der Waals surface area contributed by atoms with Gasteiger partial charge in [-0.25, -0.2) is 4.39 Å².